The number of hydrogen-bond donors (Lipinski definition) is 0. The first-order valence-electron chi connectivity index (χ1n) is 8.45. The predicted octanol–water partition coefficient (Wildman–Crippen LogP) is 2.68. The van der Waals surface area contributed by atoms with E-state index in [2.05, 4.69) is 0 Å². The molecule has 0 saturated carbocycles. The molecular weight excluding hydrogens is 337 g/mol. The van der Waals surface area contributed by atoms with Crippen LogP contribution in [0.15, 0.2) is 48.5 Å². The Morgan fingerprint density at radius 2 is 1.73 bits per heavy atom. The number of hydrogen-bond acceptors (Lipinski definition) is 4. The summed E-state index contributed by atoms with van der Waals surface area (Å²) in [5, 5.41) is 0. The fourth-order valence-electron chi connectivity index (χ4n) is 2.75. The van der Waals surface area contributed by atoms with Crippen LogP contribution in [-0.2, 0) is 9.53 Å². The summed E-state index contributed by atoms with van der Waals surface area (Å²) < 4.78 is 23.9. The molecule has 0 unspecified atom stereocenters. The lowest BCUT2D eigenvalue weighted by molar-refractivity contribution is -0.140. The first kappa shape index (κ1) is 18.1. The topological polar surface area (TPSA) is 55.8 Å². The number of carbonyl (C=O) groups excluding carboxylic acids is 2. The van der Waals surface area contributed by atoms with Gasteiger partial charge in [-0.05, 0) is 55.5 Å². The smallest absolute Gasteiger partial charge is 0.260 e. The van der Waals surface area contributed by atoms with Crippen LogP contribution in [0.25, 0.3) is 0 Å². The van der Waals surface area contributed by atoms with Gasteiger partial charge in [-0.2, -0.15) is 0 Å². The third kappa shape index (κ3) is 4.46. The molecule has 2 aromatic rings. The molecule has 3 rings (SSSR count). The molecule has 1 aliphatic heterocycles. The molecule has 6 heteroatoms. The summed E-state index contributed by atoms with van der Waals surface area (Å²) in [4.78, 5) is 26.2. The van der Waals surface area contributed by atoms with Crippen molar-refractivity contribution in [1.29, 1.82) is 0 Å². The number of ether oxygens (including phenoxy) is 2. The quantitative estimate of drug-likeness (QED) is 0.772. The highest BCUT2D eigenvalue weighted by molar-refractivity contribution is 6.09. The van der Waals surface area contributed by atoms with Crippen LogP contribution in [-0.4, -0.2) is 49.0 Å². The minimum atomic E-state index is -0.385. The number of halogens is 1. The number of carbonyl (C=O) groups is 2. The van der Waals surface area contributed by atoms with Crippen LogP contribution in [0.4, 0.5) is 4.39 Å². The molecule has 0 N–H and O–H groups in total. The van der Waals surface area contributed by atoms with Gasteiger partial charge in [0, 0.05) is 24.2 Å². The van der Waals surface area contributed by atoms with Crippen molar-refractivity contribution in [3.05, 3.63) is 65.5 Å². The molecule has 0 radical (unpaired) electrons. The summed E-state index contributed by atoms with van der Waals surface area (Å²) in [6, 6.07) is 11.9. The van der Waals surface area contributed by atoms with Gasteiger partial charge in [0.15, 0.2) is 12.4 Å². The van der Waals surface area contributed by atoms with Gasteiger partial charge in [0.2, 0.25) is 0 Å². The standard InChI is InChI=1S/C20H20FNO4/c1-14-12-22(10-11-25-14)19(23)13-26-18-8-4-16(5-9-18)20(24)15-2-6-17(21)7-3-15/h2-9,14H,10-13H2,1H3/t14-/m0/s1. The van der Waals surface area contributed by atoms with E-state index in [1.807, 2.05) is 6.92 Å². The Hall–Kier alpha value is -2.73. The van der Waals surface area contributed by atoms with Crippen LogP contribution in [0, 0.1) is 5.82 Å². The maximum absolute atomic E-state index is 12.9. The van der Waals surface area contributed by atoms with Crippen molar-refractivity contribution in [3.8, 4) is 5.75 Å². The van der Waals surface area contributed by atoms with Gasteiger partial charge in [0.25, 0.3) is 5.91 Å². The van der Waals surface area contributed by atoms with Gasteiger partial charge < -0.3 is 14.4 Å². The highest BCUT2D eigenvalue weighted by atomic mass is 19.1. The van der Waals surface area contributed by atoms with Crippen molar-refractivity contribution in [2.24, 2.45) is 0 Å². The second-order valence-electron chi connectivity index (χ2n) is 6.17. The highest BCUT2D eigenvalue weighted by Crippen LogP contribution is 2.16. The van der Waals surface area contributed by atoms with E-state index in [9.17, 15) is 14.0 Å². The number of nitrogens with zero attached hydrogens (tertiary/aromatic N) is 1. The van der Waals surface area contributed by atoms with Crippen molar-refractivity contribution in [1.82, 2.24) is 4.90 Å². The Balaban J connectivity index is 1.56. The van der Waals surface area contributed by atoms with Gasteiger partial charge >= 0.3 is 0 Å². The Labute approximate surface area is 151 Å². The summed E-state index contributed by atoms with van der Waals surface area (Å²) in [6.07, 6.45) is 0.0319. The van der Waals surface area contributed by atoms with Crippen LogP contribution in [0.2, 0.25) is 0 Å². The van der Waals surface area contributed by atoms with Gasteiger partial charge in [0.1, 0.15) is 11.6 Å². The lowest BCUT2D eigenvalue weighted by Crippen LogP contribution is -2.46. The number of ketones is 1. The minimum absolute atomic E-state index is 0.0319. The van der Waals surface area contributed by atoms with Gasteiger partial charge in [-0.1, -0.05) is 0 Å². The monoisotopic (exact) mass is 357 g/mol. The van der Waals surface area contributed by atoms with E-state index in [-0.39, 0.29) is 30.2 Å². The van der Waals surface area contributed by atoms with Crippen molar-refractivity contribution in [3.63, 3.8) is 0 Å². The van der Waals surface area contributed by atoms with Gasteiger partial charge in [-0.15, -0.1) is 0 Å². The van der Waals surface area contributed by atoms with E-state index < -0.39 is 0 Å². The largest absolute Gasteiger partial charge is 0.484 e. The molecule has 26 heavy (non-hydrogen) atoms. The summed E-state index contributed by atoms with van der Waals surface area (Å²) in [6.45, 7) is 3.53. The van der Waals surface area contributed by atoms with Crippen molar-refractivity contribution >= 4 is 11.7 Å². The Kier molecular flexibility index (Phi) is 5.63. The molecule has 1 fully saturated rings. The second-order valence-corrected chi connectivity index (χ2v) is 6.17. The summed E-state index contributed by atoms with van der Waals surface area (Å²) in [5.41, 5.74) is 0.883. The Morgan fingerprint density at radius 1 is 1.12 bits per heavy atom. The molecule has 0 spiro atoms. The third-order valence-corrected chi connectivity index (χ3v) is 4.18. The van der Waals surface area contributed by atoms with Crippen molar-refractivity contribution < 1.29 is 23.5 Å². The molecule has 2 aromatic carbocycles. The van der Waals surface area contributed by atoms with E-state index >= 15 is 0 Å². The lowest BCUT2D eigenvalue weighted by Gasteiger charge is -2.31. The van der Waals surface area contributed by atoms with Crippen LogP contribution in [0.5, 0.6) is 5.75 Å². The van der Waals surface area contributed by atoms with Crippen molar-refractivity contribution in [2.75, 3.05) is 26.3 Å². The number of benzene rings is 2. The van der Waals surface area contributed by atoms with Crippen molar-refractivity contribution in [2.45, 2.75) is 13.0 Å². The molecule has 1 saturated heterocycles. The summed E-state index contributed by atoms with van der Waals surface area (Å²) in [5.74, 6) is -0.165. The molecule has 1 heterocycles. The Morgan fingerprint density at radius 3 is 2.35 bits per heavy atom. The average molecular weight is 357 g/mol. The van der Waals surface area contributed by atoms with E-state index in [0.29, 0.717) is 36.6 Å². The van der Waals surface area contributed by atoms with E-state index in [1.54, 1.807) is 29.2 Å². The van der Waals surface area contributed by atoms with Gasteiger partial charge in [-0.25, -0.2) is 4.39 Å². The Bertz CT molecular complexity index is 773. The van der Waals surface area contributed by atoms with E-state index in [0.717, 1.165) is 0 Å². The zero-order valence-electron chi connectivity index (χ0n) is 14.5. The first-order chi connectivity index (χ1) is 12.5. The predicted molar refractivity (Wildman–Crippen MR) is 93.8 cm³/mol. The minimum Gasteiger partial charge on any atom is -0.484 e. The molecular formula is C20H20FNO4. The van der Waals surface area contributed by atoms with Gasteiger partial charge in [-0.3, -0.25) is 9.59 Å². The number of amides is 1. The van der Waals surface area contributed by atoms with Crippen LogP contribution in [0.1, 0.15) is 22.8 Å². The zero-order valence-corrected chi connectivity index (χ0v) is 14.5. The van der Waals surface area contributed by atoms with E-state index in [4.69, 9.17) is 9.47 Å². The molecule has 0 aliphatic carbocycles. The maximum atomic E-state index is 12.9. The van der Waals surface area contributed by atoms with Crippen LogP contribution < -0.4 is 4.74 Å². The maximum Gasteiger partial charge on any atom is 0.260 e. The molecule has 0 bridgehead atoms. The zero-order chi connectivity index (χ0) is 18.5. The van der Waals surface area contributed by atoms with E-state index in [1.165, 1.54) is 24.3 Å². The normalized spacial score (nSPS) is 17.0. The molecule has 5 nitrogen and oxygen atoms in total. The fourth-order valence-corrected chi connectivity index (χ4v) is 2.75. The average Bonchev–Trinajstić information content (AvgIpc) is 2.66. The van der Waals surface area contributed by atoms with Crippen LogP contribution in [0.3, 0.4) is 0 Å². The molecule has 1 atom stereocenters. The van der Waals surface area contributed by atoms with Crippen LogP contribution >= 0.6 is 0 Å². The molecule has 1 aliphatic rings. The number of morpholine rings is 1. The molecule has 0 aromatic heterocycles. The molecule has 136 valence electrons. The summed E-state index contributed by atoms with van der Waals surface area (Å²) >= 11 is 0. The number of rotatable bonds is 5. The lowest BCUT2D eigenvalue weighted by atomic mass is 10.0. The highest BCUT2D eigenvalue weighted by Gasteiger charge is 2.21. The third-order valence-electron chi connectivity index (χ3n) is 4.18. The first-order valence-corrected chi connectivity index (χ1v) is 8.45. The fraction of sp³-hybridized carbons (Fsp3) is 0.300. The molecule has 1 amide bonds. The summed E-state index contributed by atoms with van der Waals surface area (Å²) in [7, 11) is 0. The van der Waals surface area contributed by atoms with Gasteiger partial charge in [0.05, 0.1) is 12.7 Å². The SMILES string of the molecule is C[C@H]1CN(C(=O)COc2ccc(C(=O)c3ccc(F)cc3)cc2)CCO1. The second kappa shape index (κ2) is 8.10.